The molecule has 3 fully saturated rings. The zero-order valence-corrected chi connectivity index (χ0v) is 13.7. The smallest absolute Gasteiger partial charge is 0.240 e. The van der Waals surface area contributed by atoms with Crippen LogP contribution in [0.3, 0.4) is 0 Å². The summed E-state index contributed by atoms with van der Waals surface area (Å²) < 4.78 is 0. The van der Waals surface area contributed by atoms with Crippen LogP contribution >= 0.6 is 0 Å². The van der Waals surface area contributed by atoms with E-state index in [9.17, 15) is 9.59 Å². The number of nitrogens with one attached hydrogen (secondary N) is 1. The molecule has 126 valence electrons. The number of carbonyl (C=O) groups excluding carboxylic acids is 2. The standard InChI is InChI=1S/C17H26N4O2/c18-11-14-6-5-9-21(14)17(23)15-10-13(12-19-15)16(22)20-7-3-1-2-4-8-20/h13-15,19H,1-10,12H2/t13-,14-,15-/m0/s1. The fourth-order valence-corrected chi connectivity index (χ4v) is 4.03. The molecule has 0 spiro atoms. The Labute approximate surface area is 137 Å². The molecule has 3 aliphatic heterocycles. The minimum atomic E-state index is -0.301. The predicted octanol–water partition coefficient (Wildman–Crippen LogP) is 0.882. The van der Waals surface area contributed by atoms with Gasteiger partial charge in [-0.2, -0.15) is 5.26 Å². The topological polar surface area (TPSA) is 76.4 Å². The Balaban J connectivity index is 1.56. The number of carbonyl (C=O) groups is 2. The SMILES string of the molecule is N#C[C@@H]1CCCN1C(=O)[C@@H]1C[C@H](C(=O)N2CCCCCC2)CN1. The number of rotatable bonds is 2. The Bertz CT molecular complexity index is 493. The lowest BCUT2D eigenvalue weighted by molar-refractivity contribution is -0.135. The van der Waals surface area contributed by atoms with Crippen molar-refractivity contribution in [3.05, 3.63) is 0 Å². The number of amides is 2. The van der Waals surface area contributed by atoms with E-state index in [2.05, 4.69) is 11.4 Å². The quantitative estimate of drug-likeness (QED) is 0.820. The second-order valence-electron chi connectivity index (χ2n) is 6.95. The molecular formula is C17H26N4O2. The van der Waals surface area contributed by atoms with Gasteiger partial charge in [0.25, 0.3) is 0 Å². The number of likely N-dealkylation sites (tertiary alicyclic amines) is 2. The molecule has 3 aliphatic rings. The van der Waals surface area contributed by atoms with Crippen LogP contribution in [0.5, 0.6) is 0 Å². The second-order valence-corrected chi connectivity index (χ2v) is 6.95. The predicted molar refractivity (Wildman–Crippen MR) is 85.3 cm³/mol. The molecule has 0 aliphatic carbocycles. The maximum Gasteiger partial charge on any atom is 0.240 e. The van der Waals surface area contributed by atoms with Gasteiger partial charge in [-0.25, -0.2) is 0 Å². The Hall–Kier alpha value is -1.61. The third-order valence-corrected chi connectivity index (χ3v) is 5.38. The van der Waals surface area contributed by atoms with Crippen molar-refractivity contribution in [1.82, 2.24) is 15.1 Å². The van der Waals surface area contributed by atoms with Crippen molar-refractivity contribution in [2.75, 3.05) is 26.2 Å². The van der Waals surface area contributed by atoms with Crippen LogP contribution in [0, 0.1) is 17.2 Å². The first-order chi connectivity index (χ1) is 11.2. The highest BCUT2D eigenvalue weighted by Crippen LogP contribution is 2.24. The summed E-state index contributed by atoms with van der Waals surface area (Å²) in [5.74, 6) is 0.110. The monoisotopic (exact) mass is 318 g/mol. The highest BCUT2D eigenvalue weighted by atomic mass is 16.2. The maximum absolute atomic E-state index is 12.7. The molecule has 6 nitrogen and oxygen atoms in total. The molecular weight excluding hydrogens is 292 g/mol. The van der Waals surface area contributed by atoms with Crippen molar-refractivity contribution in [3.63, 3.8) is 0 Å². The van der Waals surface area contributed by atoms with Crippen LogP contribution in [0.4, 0.5) is 0 Å². The van der Waals surface area contributed by atoms with Crippen LogP contribution in [0.2, 0.25) is 0 Å². The van der Waals surface area contributed by atoms with Gasteiger partial charge in [0.1, 0.15) is 6.04 Å². The molecule has 3 saturated heterocycles. The Morgan fingerprint density at radius 1 is 1.00 bits per heavy atom. The summed E-state index contributed by atoms with van der Waals surface area (Å²) in [4.78, 5) is 29.0. The molecule has 0 aromatic heterocycles. The van der Waals surface area contributed by atoms with Crippen LogP contribution in [0.15, 0.2) is 0 Å². The molecule has 0 aromatic carbocycles. The molecule has 23 heavy (non-hydrogen) atoms. The highest BCUT2D eigenvalue weighted by molar-refractivity contribution is 5.86. The van der Waals surface area contributed by atoms with Gasteiger partial charge in [0.15, 0.2) is 0 Å². The van der Waals surface area contributed by atoms with Crippen LogP contribution in [0.1, 0.15) is 44.9 Å². The molecule has 2 amide bonds. The summed E-state index contributed by atoms with van der Waals surface area (Å²) in [5, 5.41) is 12.4. The first-order valence-electron chi connectivity index (χ1n) is 8.93. The van der Waals surface area contributed by atoms with Gasteiger partial charge < -0.3 is 15.1 Å². The van der Waals surface area contributed by atoms with Crippen LogP contribution in [-0.2, 0) is 9.59 Å². The Morgan fingerprint density at radius 2 is 1.74 bits per heavy atom. The summed E-state index contributed by atoms with van der Waals surface area (Å²) >= 11 is 0. The van der Waals surface area contributed by atoms with E-state index in [4.69, 9.17) is 5.26 Å². The van der Waals surface area contributed by atoms with Crippen molar-refractivity contribution in [3.8, 4) is 6.07 Å². The molecule has 3 atom stereocenters. The zero-order chi connectivity index (χ0) is 16.2. The first kappa shape index (κ1) is 16.3. The van der Waals surface area contributed by atoms with Crippen molar-refractivity contribution in [2.24, 2.45) is 5.92 Å². The van der Waals surface area contributed by atoms with Gasteiger partial charge in [-0.1, -0.05) is 12.8 Å². The van der Waals surface area contributed by atoms with Gasteiger partial charge in [0, 0.05) is 26.2 Å². The lowest BCUT2D eigenvalue weighted by Crippen LogP contribution is -2.45. The number of hydrogen-bond acceptors (Lipinski definition) is 4. The Morgan fingerprint density at radius 3 is 2.43 bits per heavy atom. The van der Waals surface area contributed by atoms with Gasteiger partial charge in [0.2, 0.25) is 11.8 Å². The van der Waals surface area contributed by atoms with Gasteiger partial charge in [0.05, 0.1) is 18.0 Å². The average Bonchev–Trinajstić information content (AvgIpc) is 3.17. The summed E-state index contributed by atoms with van der Waals surface area (Å²) in [7, 11) is 0. The summed E-state index contributed by atoms with van der Waals surface area (Å²) in [6, 6.07) is 1.62. The van der Waals surface area contributed by atoms with E-state index in [0.29, 0.717) is 19.5 Å². The summed E-state index contributed by atoms with van der Waals surface area (Å²) in [6.45, 7) is 2.96. The molecule has 3 rings (SSSR count). The lowest BCUT2D eigenvalue weighted by Gasteiger charge is -2.24. The molecule has 0 saturated carbocycles. The van der Waals surface area contributed by atoms with Gasteiger partial charge >= 0.3 is 0 Å². The van der Waals surface area contributed by atoms with E-state index >= 15 is 0 Å². The minimum absolute atomic E-state index is 0.000200. The molecule has 6 heteroatoms. The van der Waals surface area contributed by atoms with E-state index < -0.39 is 0 Å². The van der Waals surface area contributed by atoms with E-state index in [1.807, 2.05) is 4.90 Å². The van der Waals surface area contributed by atoms with Crippen LogP contribution < -0.4 is 5.32 Å². The van der Waals surface area contributed by atoms with Crippen LogP contribution in [0.25, 0.3) is 0 Å². The van der Waals surface area contributed by atoms with Crippen molar-refractivity contribution in [2.45, 2.75) is 57.0 Å². The normalized spacial score (nSPS) is 31.7. The molecule has 1 N–H and O–H groups in total. The number of nitrogens with zero attached hydrogens (tertiary/aromatic N) is 3. The van der Waals surface area contributed by atoms with Gasteiger partial charge in [-0.15, -0.1) is 0 Å². The Kier molecular flexibility index (Phi) is 5.16. The van der Waals surface area contributed by atoms with Crippen molar-refractivity contribution < 1.29 is 9.59 Å². The van der Waals surface area contributed by atoms with Crippen LogP contribution in [-0.4, -0.2) is 59.9 Å². The molecule has 0 bridgehead atoms. The fraction of sp³-hybridized carbons (Fsp3) is 0.824. The maximum atomic E-state index is 12.7. The first-order valence-corrected chi connectivity index (χ1v) is 8.93. The average molecular weight is 318 g/mol. The summed E-state index contributed by atoms with van der Waals surface area (Å²) in [6.07, 6.45) is 6.83. The third kappa shape index (κ3) is 3.50. The van der Waals surface area contributed by atoms with E-state index in [0.717, 1.165) is 38.8 Å². The summed E-state index contributed by atoms with van der Waals surface area (Å²) in [5.41, 5.74) is 0. The van der Waals surface area contributed by atoms with Gasteiger partial charge in [-0.3, -0.25) is 9.59 Å². The number of nitriles is 1. The van der Waals surface area contributed by atoms with Crippen molar-refractivity contribution in [1.29, 1.82) is 5.26 Å². The molecule has 0 unspecified atom stereocenters. The number of hydrogen-bond donors (Lipinski definition) is 1. The highest BCUT2D eigenvalue weighted by Gasteiger charge is 2.40. The van der Waals surface area contributed by atoms with E-state index in [1.165, 1.54) is 12.8 Å². The third-order valence-electron chi connectivity index (χ3n) is 5.38. The van der Waals surface area contributed by atoms with Gasteiger partial charge in [-0.05, 0) is 32.1 Å². The molecule has 3 heterocycles. The van der Waals surface area contributed by atoms with E-state index in [-0.39, 0.29) is 29.8 Å². The molecule has 0 radical (unpaired) electrons. The minimum Gasteiger partial charge on any atom is -0.342 e. The van der Waals surface area contributed by atoms with Crippen molar-refractivity contribution >= 4 is 11.8 Å². The zero-order valence-electron chi connectivity index (χ0n) is 13.7. The largest absolute Gasteiger partial charge is 0.342 e. The lowest BCUT2D eigenvalue weighted by atomic mass is 10.0. The fourth-order valence-electron chi connectivity index (χ4n) is 4.03. The second kappa shape index (κ2) is 7.31. The molecule has 0 aromatic rings. The van der Waals surface area contributed by atoms with E-state index in [1.54, 1.807) is 4.90 Å².